The molecule has 14 heteroatoms. The zero-order valence-electron chi connectivity index (χ0n) is 33.0. The Labute approximate surface area is 338 Å². The fourth-order valence-corrected chi connectivity index (χ4v) is 10.3. The number of nitrogens with two attached hydrogens (primary N) is 1. The number of halogens is 1. The molecule has 2 aromatic heterocycles. The molecule has 4 N–H and O–H groups in total. The van der Waals surface area contributed by atoms with Crippen molar-refractivity contribution in [3.05, 3.63) is 77.9 Å². The number of imide groups is 1. The van der Waals surface area contributed by atoms with Gasteiger partial charge in [-0.25, -0.2) is 14.4 Å². The first kappa shape index (κ1) is 38.2. The lowest BCUT2D eigenvalue weighted by atomic mass is 9.89. The first-order valence-corrected chi connectivity index (χ1v) is 21.2. The topological polar surface area (TPSA) is 157 Å². The van der Waals surface area contributed by atoms with Gasteiger partial charge in [0.15, 0.2) is 5.82 Å². The minimum absolute atomic E-state index is 0.0435. The molecule has 10 rings (SSSR count). The van der Waals surface area contributed by atoms with E-state index in [1.807, 2.05) is 30.5 Å². The van der Waals surface area contributed by atoms with Crippen LogP contribution in [0.3, 0.4) is 0 Å². The summed E-state index contributed by atoms with van der Waals surface area (Å²) in [4.78, 5) is 42.4. The molecule has 1 aliphatic carbocycles. The van der Waals surface area contributed by atoms with Crippen LogP contribution in [0.4, 0.5) is 27.5 Å². The molecule has 3 atom stereocenters. The number of fused-ring (bicyclic) bond motifs is 3. The molecule has 4 aromatic rings. The molecule has 2 aromatic carbocycles. The number of nitrogen functional groups attached to an aromatic ring is 1. The summed E-state index contributed by atoms with van der Waals surface area (Å²) in [5.74, 6) is 0.873. The van der Waals surface area contributed by atoms with Gasteiger partial charge in [0.2, 0.25) is 17.8 Å². The van der Waals surface area contributed by atoms with E-state index in [2.05, 4.69) is 47.2 Å². The Morgan fingerprint density at radius 2 is 1.57 bits per heavy atom. The highest BCUT2D eigenvalue weighted by molar-refractivity contribution is 6.02. The van der Waals surface area contributed by atoms with Crippen molar-refractivity contribution < 1.29 is 19.1 Å². The average molecular weight is 789 g/mol. The molecular formula is C44H53FN10O3. The highest BCUT2D eigenvalue weighted by Gasteiger charge is 2.42. The molecule has 1 saturated carbocycles. The van der Waals surface area contributed by atoms with Crippen LogP contribution >= 0.6 is 0 Å². The quantitative estimate of drug-likeness (QED) is 0.209. The Morgan fingerprint density at radius 3 is 2.34 bits per heavy atom. The minimum Gasteiger partial charge on any atom is -0.507 e. The Morgan fingerprint density at radius 1 is 0.793 bits per heavy atom. The number of piperazine rings is 1. The van der Waals surface area contributed by atoms with Gasteiger partial charge in [-0.1, -0.05) is 37.5 Å². The summed E-state index contributed by atoms with van der Waals surface area (Å²) in [5, 5.41) is 21.0. The number of phenolic OH excluding ortho intramolecular Hbond substituents is 1. The van der Waals surface area contributed by atoms with Gasteiger partial charge < -0.3 is 30.4 Å². The van der Waals surface area contributed by atoms with E-state index in [4.69, 9.17) is 15.7 Å². The summed E-state index contributed by atoms with van der Waals surface area (Å²) < 4.78 is 13.9. The van der Waals surface area contributed by atoms with Crippen molar-refractivity contribution in [3.63, 3.8) is 0 Å². The number of phenols is 1. The third-order valence-electron chi connectivity index (χ3n) is 13.3. The molecule has 4 saturated heterocycles. The number of benzene rings is 2. The summed E-state index contributed by atoms with van der Waals surface area (Å²) in [5.41, 5.74) is 11.4. The number of rotatable bonds is 6. The molecule has 0 spiro atoms. The third-order valence-corrected chi connectivity index (χ3v) is 13.3. The maximum absolute atomic E-state index is 13.9. The molecule has 58 heavy (non-hydrogen) atoms. The second-order valence-electron chi connectivity index (χ2n) is 16.8. The fraction of sp³-hybridized carbons (Fsp3) is 0.500. The van der Waals surface area contributed by atoms with Gasteiger partial charge in [-0.15, -0.1) is 10.2 Å². The molecule has 7 heterocycles. The average Bonchev–Trinajstić information content (AvgIpc) is 3.80. The summed E-state index contributed by atoms with van der Waals surface area (Å²) >= 11 is 0. The molecule has 2 amide bonds. The number of anilines is 4. The number of para-hydroxylation sites is 1. The van der Waals surface area contributed by atoms with E-state index in [-0.39, 0.29) is 35.7 Å². The SMILES string of the molecule is Nc1nnc(-c2cc(F)ccc2O)cc1N1CC2CCC(C1)N2c1nccc(C2CCN(C3CCCCC3)CC2)n1.O=C1CCC(N2CCc3ccccc32)C(=O)N1. The van der Waals surface area contributed by atoms with E-state index in [0.29, 0.717) is 35.8 Å². The lowest BCUT2D eigenvalue weighted by Crippen LogP contribution is -2.54. The van der Waals surface area contributed by atoms with Gasteiger partial charge >= 0.3 is 0 Å². The van der Waals surface area contributed by atoms with Gasteiger partial charge in [-0.05, 0) is 106 Å². The van der Waals surface area contributed by atoms with E-state index in [1.54, 1.807) is 0 Å². The largest absolute Gasteiger partial charge is 0.507 e. The third kappa shape index (κ3) is 7.78. The van der Waals surface area contributed by atoms with E-state index < -0.39 is 5.82 Å². The molecule has 0 radical (unpaired) electrons. The molecule has 2 bridgehead atoms. The molecule has 6 aliphatic rings. The zero-order valence-corrected chi connectivity index (χ0v) is 33.0. The van der Waals surface area contributed by atoms with Crippen molar-refractivity contribution in [2.75, 3.05) is 53.2 Å². The summed E-state index contributed by atoms with van der Waals surface area (Å²) in [6.45, 7) is 4.74. The molecular weight excluding hydrogens is 736 g/mol. The van der Waals surface area contributed by atoms with Gasteiger partial charge in [0.25, 0.3) is 0 Å². The number of piperidine rings is 2. The number of nitrogens with one attached hydrogen (secondary N) is 1. The van der Waals surface area contributed by atoms with Crippen LogP contribution in [-0.4, -0.2) is 98.9 Å². The number of hydrogen-bond donors (Lipinski definition) is 3. The highest BCUT2D eigenvalue weighted by Crippen LogP contribution is 2.39. The standard InChI is InChI=1S/C31H39FN8O.C13H14N2O2/c32-21-6-9-29(41)25(16-21)27-17-28(30(33)37-36-27)39-18-23-7-8-24(19-39)40(23)31-34-13-10-26(35-31)20-11-14-38(15-12-20)22-4-2-1-3-5-22;16-12-6-5-11(13(17)14-12)15-8-7-9-3-1-2-4-10(9)15/h6,9-10,13,16-17,20,22-24,41H,1-5,7-8,11-12,14-15,18-19H2,(H2,33,37);1-4,11H,5-8H2,(H,14,16,17). The monoisotopic (exact) mass is 788 g/mol. The zero-order chi connectivity index (χ0) is 39.8. The number of hydrogen-bond acceptors (Lipinski definition) is 12. The Bertz CT molecular complexity index is 2130. The number of carbonyl (C=O) groups excluding carboxylic acids is 2. The molecule has 3 unspecified atom stereocenters. The van der Waals surface area contributed by atoms with E-state index in [1.165, 1.54) is 87.5 Å². The maximum Gasteiger partial charge on any atom is 0.249 e. The van der Waals surface area contributed by atoms with Crippen molar-refractivity contribution >= 4 is 35.0 Å². The molecule has 5 aliphatic heterocycles. The van der Waals surface area contributed by atoms with Crippen molar-refractivity contribution in [2.24, 2.45) is 0 Å². The number of aromatic nitrogens is 4. The number of nitrogens with zero attached hydrogens (tertiary/aromatic N) is 8. The number of carbonyl (C=O) groups is 2. The second kappa shape index (κ2) is 16.5. The predicted octanol–water partition coefficient (Wildman–Crippen LogP) is 5.58. The van der Waals surface area contributed by atoms with Gasteiger partial charge in [-0.3, -0.25) is 14.9 Å². The van der Waals surface area contributed by atoms with Crippen LogP contribution in [0.25, 0.3) is 11.3 Å². The lowest BCUT2D eigenvalue weighted by molar-refractivity contribution is -0.134. The smallest absolute Gasteiger partial charge is 0.249 e. The number of amides is 2. The van der Waals surface area contributed by atoms with Crippen LogP contribution in [0.1, 0.15) is 87.8 Å². The number of likely N-dealkylation sites (tertiary alicyclic amines) is 1. The van der Waals surface area contributed by atoms with Crippen molar-refractivity contribution in [3.8, 4) is 17.0 Å². The van der Waals surface area contributed by atoms with Crippen LogP contribution in [-0.2, 0) is 16.0 Å². The second-order valence-corrected chi connectivity index (χ2v) is 16.8. The van der Waals surface area contributed by atoms with Crippen molar-refractivity contribution in [1.82, 2.24) is 30.4 Å². The maximum atomic E-state index is 13.9. The van der Waals surface area contributed by atoms with Gasteiger partial charge in [0, 0.05) is 73.2 Å². The summed E-state index contributed by atoms with van der Waals surface area (Å²) in [6.07, 6.45) is 15.4. The molecule has 304 valence electrons. The van der Waals surface area contributed by atoms with Crippen LogP contribution < -0.4 is 25.8 Å². The van der Waals surface area contributed by atoms with E-state index >= 15 is 0 Å². The Balaban J connectivity index is 0.000000213. The van der Waals surface area contributed by atoms with Crippen LogP contribution in [0, 0.1) is 5.82 Å². The van der Waals surface area contributed by atoms with Gasteiger partial charge in [0.1, 0.15) is 17.6 Å². The first-order chi connectivity index (χ1) is 28.3. The normalized spacial score (nSPS) is 24.0. The van der Waals surface area contributed by atoms with Crippen molar-refractivity contribution in [2.45, 2.75) is 107 Å². The molecule has 13 nitrogen and oxygen atoms in total. The highest BCUT2D eigenvalue weighted by atomic mass is 19.1. The minimum atomic E-state index is -0.443. The predicted molar refractivity (Wildman–Crippen MR) is 221 cm³/mol. The van der Waals surface area contributed by atoms with Crippen LogP contribution in [0.5, 0.6) is 5.75 Å². The van der Waals surface area contributed by atoms with Crippen LogP contribution in [0.2, 0.25) is 0 Å². The van der Waals surface area contributed by atoms with Gasteiger partial charge in [0.05, 0.1) is 11.4 Å². The number of aromatic hydroxyl groups is 1. The van der Waals surface area contributed by atoms with E-state index in [9.17, 15) is 19.1 Å². The van der Waals surface area contributed by atoms with Gasteiger partial charge in [-0.2, -0.15) is 0 Å². The van der Waals surface area contributed by atoms with Crippen LogP contribution in [0.15, 0.2) is 60.8 Å². The van der Waals surface area contributed by atoms with E-state index in [0.717, 1.165) is 62.3 Å². The summed E-state index contributed by atoms with van der Waals surface area (Å²) in [6, 6.07) is 17.0. The fourth-order valence-electron chi connectivity index (χ4n) is 10.3. The first-order valence-electron chi connectivity index (χ1n) is 21.2. The Hall–Kier alpha value is -5.37. The Kier molecular flexibility index (Phi) is 10.8. The summed E-state index contributed by atoms with van der Waals surface area (Å²) in [7, 11) is 0. The molecule has 5 fully saturated rings. The van der Waals surface area contributed by atoms with Crippen molar-refractivity contribution in [1.29, 1.82) is 0 Å². The lowest BCUT2D eigenvalue weighted by Gasteiger charge is -2.42.